The monoisotopic (exact) mass is 432 g/mol. The minimum Gasteiger partial charge on any atom is -0.497 e. The molecule has 0 atom stereocenters. The van der Waals surface area contributed by atoms with Crippen molar-refractivity contribution in [2.24, 2.45) is 0 Å². The molecule has 5 nitrogen and oxygen atoms in total. The maximum atomic E-state index is 6.38. The summed E-state index contributed by atoms with van der Waals surface area (Å²) in [4.78, 5) is 6.20. The summed E-state index contributed by atoms with van der Waals surface area (Å²) >= 11 is 12.8. The second kappa shape index (κ2) is 9.72. The van der Waals surface area contributed by atoms with E-state index in [9.17, 15) is 0 Å². The normalized spacial score (nSPS) is 10.5. The van der Waals surface area contributed by atoms with Crippen molar-refractivity contribution in [3.63, 3.8) is 0 Å². The Labute approximate surface area is 180 Å². The van der Waals surface area contributed by atoms with E-state index in [0.29, 0.717) is 34.6 Å². The zero-order valence-corrected chi connectivity index (χ0v) is 18.0. The number of anilines is 1. The van der Waals surface area contributed by atoms with Crippen LogP contribution in [0.15, 0.2) is 54.9 Å². The molecule has 0 aliphatic carbocycles. The maximum Gasteiger partial charge on any atom is 0.162 e. The molecule has 0 N–H and O–H groups in total. The van der Waals surface area contributed by atoms with Crippen molar-refractivity contribution >= 4 is 28.9 Å². The molecular formula is C22H22Cl2N2O3. The van der Waals surface area contributed by atoms with Gasteiger partial charge in [0.05, 0.1) is 31.4 Å². The quantitative estimate of drug-likeness (QED) is 0.461. The number of aromatic nitrogens is 1. The van der Waals surface area contributed by atoms with Crippen LogP contribution in [0.2, 0.25) is 10.0 Å². The molecule has 0 saturated carbocycles. The first kappa shape index (κ1) is 21.1. The van der Waals surface area contributed by atoms with E-state index < -0.39 is 0 Å². The molecule has 152 valence electrons. The highest BCUT2D eigenvalue weighted by molar-refractivity contribution is 6.35. The van der Waals surface area contributed by atoms with Crippen molar-refractivity contribution in [1.29, 1.82) is 0 Å². The Morgan fingerprint density at radius 2 is 1.55 bits per heavy atom. The number of ether oxygens (including phenoxy) is 3. The van der Waals surface area contributed by atoms with Gasteiger partial charge in [0.2, 0.25) is 0 Å². The molecule has 0 amide bonds. The molecule has 3 aromatic rings. The Balaban J connectivity index is 2.01. The third-order valence-corrected chi connectivity index (χ3v) is 5.19. The number of benzene rings is 2. The first-order valence-electron chi connectivity index (χ1n) is 8.93. The number of hydrogen-bond acceptors (Lipinski definition) is 5. The summed E-state index contributed by atoms with van der Waals surface area (Å²) in [5, 5.41) is 1.04. The fraction of sp³-hybridized carbons (Fsp3) is 0.227. The summed E-state index contributed by atoms with van der Waals surface area (Å²) in [6.45, 7) is 1.11. The van der Waals surface area contributed by atoms with Crippen molar-refractivity contribution in [2.75, 3.05) is 26.2 Å². The third-order valence-electron chi connectivity index (χ3n) is 4.54. The molecule has 0 spiro atoms. The van der Waals surface area contributed by atoms with Crippen LogP contribution in [0.5, 0.6) is 17.2 Å². The molecule has 0 unspecified atom stereocenters. The average molecular weight is 433 g/mol. The van der Waals surface area contributed by atoms with Crippen LogP contribution in [0.4, 0.5) is 5.69 Å². The zero-order valence-electron chi connectivity index (χ0n) is 16.5. The fourth-order valence-corrected chi connectivity index (χ4v) is 3.52. The van der Waals surface area contributed by atoms with Gasteiger partial charge in [-0.2, -0.15) is 0 Å². The largest absolute Gasteiger partial charge is 0.497 e. The summed E-state index contributed by atoms with van der Waals surface area (Å²) in [5.74, 6) is 2.11. The van der Waals surface area contributed by atoms with E-state index in [2.05, 4.69) is 9.88 Å². The van der Waals surface area contributed by atoms with Gasteiger partial charge in [-0.05, 0) is 29.8 Å². The number of pyridine rings is 1. The predicted molar refractivity (Wildman–Crippen MR) is 117 cm³/mol. The smallest absolute Gasteiger partial charge is 0.162 e. The molecule has 0 aliphatic heterocycles. The van der Waals surface area contributed by atoms with E-state index in [1.54, 1.807) is 33.7 Å². The number of halogens is 2. The highest BCUT2D eigenvalue weighted by atomic mass is 35.5. The van der Waals surface area contributed by atoms with E-state index in [1.807, 2.05) is 42.5 Å². The molecule has 0 saturated heterocycles. The van der Waals surface area contributed by atoms with Gasteiger partial charge in [0.1, 0.15) is 5.75 Å². The topological polar surface area (TPSA) is 43.8 Å². The van der Waals surface area contributed by atoms with Crippen LogP contribution in [0.3, 0.4) is 0 Å². The Bertz CT molecular complexity index is 962. The average Bonchev–Trinajstić information content (AvgIpc) is 2.75. The Morgan fingerprint density at radius 3 is 2.21 bits per heavy atom. The van der Waals surface area contributed by atoms with Gasteiger partial charge in [-0.15, -0.1) is 0 Å². The first-order chi connectivity index (χ1) is 14.0. The van der Waals surface area contributed by atoms with Crippen LogP contribution in [0.1, 0.15) is 11.1 Å². The van der Waals surface area contributed by atoms with Gasteiger partial charge in [0.15, 0.2) is 11.5 Å². The lowest BCUT2D eigenvalue weighted by molar-refractivity contribution is 0.355. The molecular weight excluding hydrogens is 411 g/mol. The standard InChI is InChI=1S/C22H22Cl2N2O3/c1-27-17-6-4-5-15(9-17)13-26(14-18-19(23)11-25-12-20(18)24)16-7-8-21(28-2)22(10-16)29-3/h4-12H,13-14H2,1-3H3. The molecule has 0 fully saturated rings. The van der Waals surface area contributed by atoms with E-state index in [0.717, 1.165) is 22.6 Å². The second-order valence-electron chi connectivity index (χ2n) is 6.33. The van der Waals surface area contributed by atoms with Crippen molar-refractivity contribution in [1.82, 2.24) is 4.98 Å². The SMILES string of the molecule is COc1cccc(CN(Cc2c(Cl)cncc2Cl)c2ccc(OC)c(OC)c2)c1. The van der Waals surface area contributed by atoms with Crippen LogP contribution in [0, 0.1) is 0 Å². The van der Waals surface area contributed by atoms with Gasteiger partial charge in [-0.25, -0.2) is 0 Å². The summed E-state index contributed by atoms with van der Waals surface area (Å²) < 4.78 is 16.2. The third kappa shape index (κ3) is 5.05. The first-order valence-corrected chi connectivity index (χ1v) is 9.69. The van der Waals surface area contributed by atoms with Crippen LogP contribution in [0.25, 0.3) is 0 Å². The Morgan fingerprint density at radius 1 is 0.828 bits per heavy atom. The number of hydrogen-bond donors (Lipinski definition) is 0. The molecule has 7 heteroatoms. The van der Waals surface area contributed by atoms with Gasteiger partial charge in [-0.3, -0.25) is 4.98 Å². The van der Waals surface area contributed by atoms with Crippen molar-refractivity contribution in [2.45, 2.75) is 13.1 Å². The molecule has 2 aromatic carbocycles. The summed E-state index contributed by atoms with van der Waals surface area (Å²) in [6.07, 6.45) is 3.20. The lowest BCUT2D eigenvalue weighted by Gasteiger charge is -2.27. The van der Waals surface area contributed by atoms with E-state index in [-0.39, 0.29) is 0 Å². The lowest BCUT2D eigenvalue weighted by Crippen LogP contribution is -2.22. The minimum absolute atomic E-state index is 0.493. The van der Waals surface area contributed by atoms with E-state index >= 15 is 0 Å². The molecule has 3 rings (SSSR count). The highest BCUT2D eigenvalue weighted by Crippen LogP contribution is 2.34. The fourth-order valence-electron chi connectivity index (χ4n) is 3.03. The summed E-state index contributed by atoms with van der Waals surface area (Å²) in [7, 11) is 4.88. The van der Waals surface area contributed by atoms with E-state index in [4.69, 9.17) is 37.4 Å². The molecule has 1 heterocycles. The number of nitrogens with zero attached hydrogens (tertiary/aromatic N) is 2. The highest BCUT2D eigenvalue weighted by Gasteiger charge is 2.16. The van der Waals surface area contributed by atoms with Gasteiger partial charge >= 0.3 is 0 Å². The predicted octanol–water partition coefficient (Wildman–Crippen LogP) is 5.62. The van der Waals surface area contributed by atoms with Gasteiger partial charge in [0.25, 0.3) is 0 Å². The maximum absolute atomic E-state index is 6.38. The molecule has 1 aromatic heterocycles. The Hall–Kier alpha value is -2.63. The summed E-state index contributed by atoms with van der Waals surface area (Å²) in [6, 6.07) is 13.7. The molecule has 0 aliphatic rings. The minimum atomic E-state index is 0.493. The second-order valence-corrected chi connectivity index (χ2v) is 7.14. The number of rotatable bonds is 8. The van der Waals surface area contributed by atoms with Crippen LogP contribution in [-0.4, -0.2) is 26.3 Å². The number of methoxy groups -OCH3 is 3. The Kier molecular flexibility index (Phi) is 7.07. The van der Waals surface area contributed by atoms with Gasteiger partial charge in [-0.1, -0.05) is 35.3 Å². The van der Waals surface area contributed by atoms with Crippen LogP contribution in [-0.2, 0) is 13.1 Å². The molecule has 0 radical (unpaired) electrons. The van der Waals surface area contributed by atoms with Crippen molar-refractivity contribution in [3.8, 4) is 17.2 Å². The molecule has 0 bridgehead atoms. The molecule has 29 heavy (non-hydrogen) atoms. The summed E-state index contributed by atoms with van der Waals surface area (Å²) in [5.41, 5.74) is 2.83. The van der Waals surface area contributed by atoms with Crippen LogP contribution < -0.4 is 19.1 Å². The van der Waals surface area contributed by atoms with E-state index in [1.165, 1.54) is 0 Å². The van der Waals surface area contributed by atoms with Crippen molar-refractivity contribution in [3.05, 3.63) is 76.0 Å². The lowest BCUT2D eigenvalue weighted by atomic mass is 10.1. The zero-order chi connectivity index (χ0) is 20.8. The van der Waals surface area contributed by atoms with Crippen molar-refractivity contribution < 1.29 is 14.2 Å². The van der Waals surface area contributed by atoms with Gasteiger partial charge < -0.3 is 19.1 Å². The van der Waals surface area contributed by atoms with Crippen LogP contribution >= 0.6 is 23.2 Å². The van der Waals surface area contributed by atoms with Gasteiger partial charge in [0, 0.05) is 42.8 Å².